The molecule has 0 atom stereocenters. The first-order valence-corrected chi connectivity index (χ1v) is 10.1. The van der Waals surface area contributed by atoms with Crippen LogP contribution in [0.4, 0.5) is 5.69 Å². The fourth-order valence-electron chi connectivity index (χ4n) is 2.59. The lowest BCUT2D eigenvalue weighted by Gasteiger charge is -2.10. The van der Waals surface area contributed by atoms with E-state index in [-0.39, 0.29) is 22.6 Å². The van der Waals surface area contributed by atoms with Crippen molar-refractivity contribution in [3.8, 4) is 0 Å². The molecule has 0 aliphatic heterocycles. The number of fused-ring (bicyclic) bond motifs is 1. The summed E-state index contributed by atoms with van der Waals surface area (Å²) in [6.07, 6.45) is 0. The van der Waals surface area contributed by atoms with Gasteiger partial charge in [0.1, 0.15) is 11.3 Å². The van der Waals surface area contributed by atoms with Gasteiger partial charge in [0.15, 0.2) is 12.2 Å². The van der Waals surface area contributed by atoms with Crippen molar-refractivity contribution in [1.82, 2.24) is 4.98 Å². The Labute approximate surface area is 186 Å². The van der Waals surface area contributed by atoms with Gasteiger partial charge in [-0.3, -0.25) is 9.59 Å². The minimum Gasteiger partial charge on any atom is -0.465 e. The highest BCUT2D eigenvalue weighted by Gasteiger charge is 2.16. The Morgan fingerprint density at radius 2 is 1.66 bits per heavy atom. The second-order valence-corrected chi connectivity index (χ2v) is 7.15. The van der Waals surface area contributed by atoms with E-state index < -0.39 is 30.4 Å². The molecule has 3 aromatic rings. The summed E-state index contributed by atoms with van der Waals surface area (Å²) in [6, 6.07) is 11.1. The van der Waals surface area contributed by atoms with E-state index >= 15 is 0 Å². The summed E-state index contributed by atoms with van der Waals surface area (Å²) in [5, 5.41) is 2.77. The summed E-state index contributed by atoms with van der Waals surface area (Å²) in [5.41, 5.74) is 1.48. The van der Waals surface area contributed by atoms with E-state index in [1.807, 2.05) is 12.1 Å². The summed E-state index contributed by atoms with van der Waals surface area (Å²) < 4.78 is 19.7. The topological polar surface area (TPSA) is 134 Å². The number of methoxy groups -OCH3 is 2. The van der Waals surface area contributed by atoms with Gasteiger partial charge in [-0.25, -0.2) is 14.6 Å². The van der Waals surface area contributed by atoms with Crippen molar-refractivity contribution in [2.45, 2.75) is 5.22 Å². The zero-order chi connectivity index (χ0) is 23.1. The number of carbonyl (C=O) groups excluding carboxylic acids is 4. The lowest BCUT2D eigenvalue weighted by atomic mass is 10.1. The highest BCUT2D eigenvalue weighted by Crippen LogP contribution is 2.23. The fraction of sp³-hybridized carbons (Fsp3) is 0.190. The number of hydrogen-bond acceptors (Lipinski definition) is 10. The quantitative estimate of drug-likeness (QED) is 0.305. The molecule has 166 valence electrons. The monoisotopic (exact) mass is 458 g/mol. The van der Waals surface area contributed by atoms with Crippen LogP contribution in [0.3, 0.4) is 0 Å². The van der Waals surface area contributed by atoms with Gasteiger partial charge in [0.05, 0.1) is 25.3 Å². The Morgan fingerprint density at radius 1 is 1.00 bits per heavy atom. The molecule has 32 heavy (non-hydrogen) atoms. The van der Waals surface area contributed by atoms with Gasteiger partial charge in [-0.2, -0.15) is 0 Å². The molecule has 3 rings (SSSR count). The van der Waals surface area contributed by atoms with Crippen LogP contribution in [0.15, 0.2) is 52.1 Å². The van der Waals surface area contributed by atoms with Crippen molar-refractivity contribution in [2.24, 2.45) is 0 Å². The van der Waals surface area contributed by atoms with Crippen LogP contribution >= 0.6 is 11.8 Å². The molecule has 0 unspecified atom stereocenters. The van der Waals surface area contributed by atoms with Crippen molar-refractivity contribution in [3.05, 3.63) is 53.6 Å². The third-order valence-corrected chi connectivity index (χ3v) is 4.81. The van der Waals surface area contributed by atoms with Gasteiger partial charge in [0.25, 0.3) is 11.1 Å². The highest BCUT2D eigenvalue weighted by molar-refractivity contribution is 7.99. The number of benzene rings is 2. The summed E-state index contributed by atoms with van der Waals surface area (Å²) in [4.78, 5) is 51.9. The average molecular weight is 458 g/mol. The van der Waals surface area contributed by atoms with Gasteiger partial charge >= 0.3 is 17.9 Å². The standard InChI is InChI=1S/C21H18N2O8S/c1-28-19(26)12-7-13(20(27)29-2)9-14(8-12)22-17(24)10-30-18(25)11-32-21-23-15-5-3-4-6-16(15)31-21/h3-9H,10-11H2,1-2H3,(H,22,24). The van der Waals surface area contributed by atoms with Crippen LogP contribution in [0.1, 0.15) is 20.7 Å². The molecule has 10 nitrogen and oxygen atoms in total. The lowest BCUT2D eigenvalue weighted by molar-refractivity contribution is -0.144. The zero-order valence-corrected chi connectivity index (χ0v) is 17.9. The number of hydrogen-bond donors (Lipinski definition) is 1. The predicted molar refractivity (Wildman–Crippen MR) is 113 cm³/mol. The second kappa shape index (κ2) is 10.4. The Bertz CT molecular complexity index is 1110. The molecule has 0 spiro atoms. The van der Waals surface area contributed by atoms with Crippen molar-refractivity contribution >= 4 is 52.4 Å². The number of oxazole rings is 1. The number of amides is 1. The third kappa shape index (κ3) is 5.85. The summed E-state index contributed by atoms with van der Waals surface area (Å²) in [5.74, 6) is -2.82. The predicted octanol–water partition coefficient (Wildman–Crippen LogP) is 2.68. The molecule has 0 saturated carbocycles. The number of aromatic nitrogens is 1. The molecule has 1 N–H and O–H groups in total. The number of thioether (sulfide) groups is 1. The van der Waals surface area contributed by atoms with Gasteiger partial charge in [-0.05, 0) is 30.3 Å². The van der Waals surface area contributed by atoms with E-state index in [0.29, 0.717) is 16.3 Å². The molecule has 0 aliphatic rings. The van der Waals surface area contributed by atoms with E-state index in [9.17, 15) is 19.2 Å². The molecule has 11 heteroatoms. The molecule has 0 saturated heterocycles. The molecule has 1 heterocycles. The summed E-state index contributed by atoms with van der Waals surface area (Å²) in [6.45, 7) is -0.567. The van der Waals surface area contributed by atoms with Gasteiger partial charge in [-0.15, -0.1) is 0 Å². The Kier molecular flexibility index (Phi) is 7.45. The van der Waals surface area contributed by atoms with Crippen LogP contribution in [0.5, 0.6) is 0 Å². The van der Waals surface area contributed by atoms with Crippen molar-refractivity contribution in [1.29, 1.82) is 0 Å². The Balaban J connectivity index is 1.54. The molecule has 0 radical (unpaired) electrons. The minimum absolute atomic E-state index is 0.0393. The first-order chi connectivity index (χ1) is 15.4. The van der Waals surface area contributed by atoms with Crippen LogP contribution < -0.4 is 5.32 Å². The molecule has 0 bridgehead atoms. The fourth-order valence-corrected chi connectivity index (χ4v) is 3.23. The number of rotatable bonds is 8. The minimum atomic E-state index is -0.700. The molecular formula is C21H18N2O8S. The SMILES string of the molecule is COC(=O)c1cc(NC(=O)COC(=O)CSc2nc3ccccc3o2)cc(C(=O)OC)c1. The maximum absolute atomic E-state index is 12.2. The number of esters is 3. The first-order valence-electron chi connectivity index (χ1n) is 9.15. The van der Waals surface area contributed by atoms with Crippen molar-refractivity contribution in [3.63, 3.8) is 0 Å². The average Bonchev–Trinajstić information content (AvgIpc) is 3.23. The van der Waals surface area contributed by atoms with Crippen LogP contribution in [-0.4, -0.2) is 55.4 Å². The molecule has 2 aromatic carbocycles. The van der Waals surface area contributed by atoms with Crippen LogP contribution in [0.2, 0.25) is 0 Å². The largest absolute Gasteiger partial charge is 0.465 e. The Hall–Kier alpha value is -3.86. The van der Waals surface area contributed by atoms with Crippen LogP contribution in [0, 0.1) is 0 Å². The highest BCUT2D eigenvalue weighted by atomic mass is 32.2. The van der Waals surface area contributed by atoms with Gasteiger partial charge < -0.3 is 23.9 Å². The van der Waals surface area contributed by atoms with Gasteiger partial charge in [0.2, 0.25) is 0 Å². The number of anilines is 1. The number of nitrogens with one attached hydrogen (secondary N) is 1. The maximum Gasteiger partial charge on any atom is 0.337 e. The van der Waals surface area contributed by atoms with Gasteiger partial charge in [0, 0.05) is 5.69 Å². The number of nitrogens with zero attached hydrogens (tertiary/aromatic N) is 1. The van der Waals surface area contributed by atoms with Crippen molar-refractivity contribution < 1.29 is 37.8 Å². The van der Waals surface area contributed by atoms with E-state index in [4.69, 9.17) is 9.15 Å². The maximum atomic E-state index is 12.2. The lowest BCUT2D eigenvalue weighted by Crippen LogP contribution is -2.22. The normalized spacial score (nSPS) is 10.4. The van der Waals surface area contributed by atoms with Crippen molar-refractivity contribution in [2.75, 3.05) is 31.9 Å². The summed E-state index contributed by atoms with van der Waals surface area (Å²) >= 11 is 1.04. The molecule has 0 fully saturated rings. The smallest absolute Gasteiger partial charge is 0.337 e. The zero-order valence-electron chi connectivity index (χ0n) is 17.1. The number of para-hydroxylation sites is 2. The molecule has 1 aromatic heterocycles. The summed E-state index contributed by atoms with van der Waals surface area (Å²) in [7, 11) is 2.37. The second-order valence-electron chi connectivity index (χ2n) is 6.23. The first kappa shape index (κ1) is 22.8. The van der Waals surface area contributed by atoms with Crippen LogP contribution in [0.25, 0.3) is 11.1 Å². The molecular weight excluding hydrogens is 440 g/mol. The third-order valence-electron chi connectivity index (χ3n) is 4.01. The van der Waals surface area contributed by atoms with Gasteiger partial charge in [-0.1, -0.05) is 23.9 Å². The molecule has 1 amide bonds. The van der Waals surface area contributed by atoms with E-state index in [2.05, 4.69) is 19.8 Å². The van der Waals surface area contributed by atoms with Crippen LogP contribution in [-0.2, 0) is 23.8 Å². The van der Waals surface area contributed by atoms with E-state index in [1.165, 1.54) is 32.4 Å². The van der Waals surface area contributed by atoms with E-state index in [1.54, 1.807) is 12.1 Å². The molecule has 0 aliphatic carbocycles. The van der Waals surface area contributed by atoms with E-state index in [0.717, 1.165) is 11.8 Å². The number of ether oxygens (including phenoxy) is 3. The number of carbonyl (C=O) groups is 4. The Morgan fingerprint density at radius 3 is 2.28 bits per heavy atom.